The summed E-state index contributed by atoms with van der Waals surface area (Å²) in [6, 6.07) is 9.45. The maximum atomic E-state index is 12.3. The van der Waals surface area contributed by atoms with Gasteiger partial charge in [-0.05, 0) is 46.7 Å². The van der Waals surface area contributed by atoms with Gasteiger partial charge in [-0.15, -0.1) is 5.10 Å². The van der Waals surface area contributed by atoms with Gasteiger partial charge in [0.2, 0.25) is 0 Å². The molecule has 3 aromatic rings. The zero-order chi connectivity index (χ0) is 15.8. The molecule has 0 saturated heterocycles. The molecular weight excluding hydrogens is 294 g/mol. The lowest BCUT2D eigenvalue weighted by Crippen LogP contribution is -2.23. The van der Waals surface area contributed by atoms with Gasteiger partial charge in [-0.3, -0.25) is 4.79 Å². The Morgan fingerprint density at radius 3 is 3.22 bits per heavy atom. The second-order valence-corrected chi connectivity index (χ2v) is 5.66. The van der Waals surface area contributed by atoms with Crippen LogP contribution in [0.15, 0.2) is 36.5 Å². The van der Waals surface area contributed by atoms with E-state index in [0.717, 1.165) is 17.7 Å². The second-order valence-electron chi connectivity index (χ2n) is 5.66. The first kappa shape index (κ1) is 13.7. The molecule has 1 unspecified atom stereocenters. The average molecular weight is 309 g/mol. The summed E-state index contributed by atoms with van der Waals surface area (Å²) in [4.78, 5) is 12.3. The van der Waals surface area contributed by atoms with Gasteiger partial charge in [-0.2, -0.15) is 4.52 Å². The van der Waals surface area contributed by atoms with Crippen molar-refractivity contribution in [1.82, 2.24) is 25.4 Å². The molecule has 1 amide bonds. The van der Waals surface area contributed by atoms with E-state index < -0.39 is 0 Å². The number of fused-ring (bicyclic) bond motifs is 2. The lowest BCUT2D eigenvalue weighted by molar-refractivity contribution is 0.0950. The van der Waals surface area contributed by atoms with Crippen molar-refractivity contribution in [2.75, 3.05) is 0 Å². The highest BCUT2D eigenvalue weighted by Gasteiger charge is 2.19. The number of rotatable bonds is 3. The average Bonchev–Trinajstić information content (AvgIpc) is 3.16. The van der Waals surface area contributed by atoms with Crippen molar-refractivity contribution in [3.63, 3.8) is 0 Å². The summed E-state index contributed by atoms with van der Waals surface area (Å²) in [6.07, 6.45) is 2.74. The summed E-state index contributed by atoms with van der Waals surface area (Å²) in [5, 5.41) is 14.1. The molecule has 1 aliphatic rings. The Balaban J connectivity index is 1.46. The Bertz CT molecular complexity index is 889. The zero-order valence-electron chi connectivity index (χ0n) is 12.6. The normalized spacial score (nSPS) is 16.1. The number of benzene rings is 1. The van der Waals surface area contributed by atoms with Gasteiger partial charge in [0.1, 0.15) is 11.9 Å². The van der Waals surface area contributed by atoms with Gasteiger partial charge in [0.15, 0.2) is 5.65 Å². The Kier molecular flexibility index (Phi) is 3.18. The van der Waals surface area contributed by atoms with Crippen LogP contribution in [0.25, 0.3) is 5.65 Å². The summed E-state index contributed by atoms with van der Waals surface area (Å²) in [6.45, 7) is 2.52. The quantitative estimate of drug-likeness (QED) is 0.790. The van der Waals surface area contributed by atoms with E-state index in [1.54, 1.807) is 18.3 Å². The number of nitrogens with one attached hydrogen (secondary N) is 1. The first-order valence-corrected chi connectivity index (χ1v) is 7.43. The van der Waals surface area contributed by atoms with Gasteiger partial charge in [-0.25, -0.2) is 0 Å². The molecule has 3 heterocycles. The fourth-order valence-corrected chi connectivity index (χ4v) is 2.75. The number of hydrogen-bond acceptors (Lipinski definition) is 5. The number of carbonyl (C=O) groups is 1. The first-order valence-electron chi connectivity index (χ1n) is 7.43. The van der Waals surface area contributed by atoms with Crippen LogP contribution >= 0.6 is 0 Å². The highest BCUT2D eigenvalue weighted by atomic mass is 16.5. The maximum Gasteiger partial charge on any atom is 0.253 e. The lowest BCUT2D eigenvalue weighted by Gasteiger charge is -2.07. The summed E-state index contributed by atoms with van der Waals surface area (Å²) >= 11 is 0. The van der Waals surface area contributed by atoms with E-state index in [4.69, 9.17) is 4.74 Å². The van der Waals surface area contributed by atoms with Crippen LogP contribution in [0.4, 0.5) is 0 Å². The number of hydrogen-bond donors (Lipinski definition) is 1. The van der Waals surface area contributed by atoms with Crippen LogP contribution in [0.1, 0.15) is 28.4 Å². The molecule has 0 bridgehead atoms. The van der Waals surface area contributed by atoms with Crippen molar-refractivity contribution in [3.05, 3.63) is 53.2 Å². The third-order valence-corrected chi connectivity index (χ3v) is 3.87. The van der Waals surface area contributed by atoms with Crippen LogP contribution in [-0.4, -0.2) is 32.1 Å². The SMILES string of the molecule is CC1Cc2cc(CNC(=O)c3ccc4nnnn4c3)ccc2O1. The molecular formula is C16H15N5O2. The fourth-order valence-electron chi connectivity index (χ4n) is 2.75. The van der Waals surface area contributed by atoms with E-state index in [2.05, 4.69) is 33.8 Å². The van der Waals surface area contributed by atoms with Gasteiger partial charge >= 0.3 is 0 Å². The Morgan fingerprint density at radius 1 is 1.39 bits per heavy atom. The Morgan fingerprint density at radius 2 is 2.30 bits per heavy atom. The van der Waals surface area contributed by atoms with Gasteiger partial charge in [0.25, 0.3) is 5.91 Å². The van der Waals surface area contributed by atoms with E-state index >= 15 is 0 Å². The van der Waals surface area contributed by atoms with Crippen molar-refractivity contribution < 1.29 is 9.53 Å². The van der Waals surface area contributed by atoms with Gasteiger partial charge < -0.3 is 10.1 Å². The molecule has 0 radical (unpaired) electrons. The predicted molar refractivity (Wildman–Crippen MR) is 82.2 cm³/mol. The topological polar surface area (TPSA) is 81.4 Å². The molecule has 2 aromatic heterocycles. The van der Waals surface area contributed by atoms with Crippen LogP contribution in [0.3, 0.4) is 0 Å². The number of aromatic nitrogens is 4. The number of carbonyl (C=O) groups excluding carboxylic acids is 1. The number of tetrazole rings is 1. The number of pyridine rings is 1. The van der Waals surface area contributed by atoms with E-state index in [-0.39, 0.29) is 12.0 Å². The molecule has 1 aliphatic heterocycles. The van der Waals surface area contributed by atoms with Crippen molar-refractivity contribution >= 4 is 11.6 Å². The van der Waals surface area contributed by atoms with E-state index in [0.29, 0.717) is 17.8 Å². The number of ether oxygens (including phenoxy) is 1. The first-order chi connectivity index (χ1) is 11.2. The molecule has 0 aliphatic carbocycles. The standard InChI is InChI=1S/C16H15N5O2/c1-10-6-13-7-11(2-4-14(13)23-10)8-17-16(22)12-3-5-15-18-19-20-21(15)9-12/h2-5,7,9-10H,6,8H2,1H3,(H,17,22). The minimum atomic E-state index is -0.160. The van der Waals surface area contributed by atoms with Crippen molar-refractivity contribution in [3.8, 4) is 5.75 Å². The molecule has 7 nitrogen and oxygen atoms in total. The number of amides is 1. The van der Waals surface area contributed by atoms with Crippen LogP contribution < -0.4 is 10.1 Å². The monoisotopic (exact) mass is 309 g/mol. The molecule has 1 atom stereocenters. The van der Waals surface area contributed by atoms with E-state index in [1.165, 1.54) is 10.1 Å². The van der Waals surface area contributed by atoms with Gasteiger partial charge in [0.05, 0.1) is 5.56 Å². The fraction of sp³-hybridized carbons (Fsp3) is 0.250. The minimum Gasteiger partial charge on any atom is -0.490 e. The second kappa shape index (κ2) is 5.35. The molecule has 0 fully saturated rings. The van der Waals surface area contributed by atoms with Gasteiger partial charge in [-0.1, -0.05) is 12.1 Å². The Labute approximate surface area is 132 Å². The molecule has 1 N–H and O–H groups in total. The maximum absolute atomic E-state index is 12.3. The smallest absolute Gasteiger partial charge is 0.253 e. The van der Waals surface area contributed by atoms with Crippen LogP contribution in [0.2, 0.25) is 0 Å². The highest BCUT2D eigenvalue weighted by Crippen LogP contribution is 2.29. The van der Waals surface area contributed by atoms with Crippen LogP contribution in [0.5, 0.6) is 5.75 Å². The highest BCUT2D eigenvalue weighted by molar-refractivity contribution is 5.94. The molecule has 7 heteroatoms. The summed E-state index contributed by atoms with van der Waals surface area (Å²) in [5.74, 6) is 0.782. The zero-order valence-corrected chi connectivity index (χ0v) is 12.6. The number of nitrogens with zero attached hydrogens (tertiary/aromatic N) is 4. The van der Waals surface area contributed by atoms with Crippen molar-refractivity contribution in [2.45, 2.75) is 26.0 Å². The summed E-state index contributed by atoms with van der Waals surface area (Å²) in [5.41, 5.74) is 3.37. The molecule has 116 valence electrons. The molecule has 23 heavy (non-hydrogen) atoms. The largest absolute Gasteiger partial charge is 0.490 e. The summed E-state index contributed by atoms with van der Waals surface area (Å²) < 4.78 is 7.16. The van der Waals surface area contributed by atoms with Crippen molar-refractivity contribution in [2.24, 2.45) is 0 Å². The molecule has 1 aromatic carbocycles. The van der Waals surface area contributed by atoms with E-state index in [1.807, 2.05) is 12.1 Å². The molecule has 0 spiro atoms. The third-order valence-electron chi connectivity index (χ3n) is 3.87. The Hall–Kier alpha value is -2.96. The van der Waals surface area contributed by atoms with Gasteiger partial charge in [0, 0.05) is 19.2 Å². The molecule has 0 saturated carbocycles. The predicted octanol–water partition coefficient (Wildman–Crippen LogP) is 1.38. The third kappa shape index (κ3) is 2.61. The summed E-state index contributed by atoms with van der Waals surface area (Å²) in [7, 11) is 0. The van der Waals surface area contributed by atoms with Crippen LogP contribution in [0, 0.1) is 0 Å². The van der Waals surface area contributed by atoms with E-state index in [9.17, 15) is 4.79 Å². The minimum absolute atomic E-state index is 0.160. The van der Waals surface area contributed by atoms with Crippen LogP contribution in [-0.2, 0) is 13.0 Å². The lowest BCUT2D eigenvalue weighted by atomic mass is 10.1. The molecule has 4 rings (SSSR count). The van der Waals surface area contributed by atoms with Crippen molar-refractivity contribution in [1.29, 1.82) is 0 Å².